The Bertz CT molecular complexity index is 275. The van der Waals surface area contributed by atoms with Gasteiger partial charge >= 0.3 is 5.97 Å². The highest BCUT2D eigenvalue weighted by atomic mass is 16.4. The predicted octanol–water partition coefficient (Wildman–Crippen LogP) is -0.778. The van der Waals surface area contributed by atoms with Gasteiger partial charge in [-0.1, -0.05) is 6.08 Å². The van der Waals surface area contributed by atoms with Crippen molar-refractivity contribution in [1.29, 1.82) is 0 Å². The summed E-state index contributed by atoms with van der Waals surface area (Å²) in [5.74, 6) is -1.89. The lowest BCUT2D eigenvalue weighted by Crippen LogP contribution is -2.42. The molecular weight excluding hydrogens is 200 g/mol. The van der Waals surface area contributed by atoms with Gasteiger partial charge in [-0.05, 0) is 0 Å². The maximum atomic E-state index is 11.4. The third kappa shape index (κ3) is 6.25. The molecule has 2 amide bonds. The van der Waals surface area contributed by atoms with Crippen molar-refractivity contribution in [3.63, 3.8) is 0 Å². The number of rotatable bonds is 6. The van der Waals surface area contributed by atoms with Crippen molar-refractivity contribution in [3.8, 4) is 0 Å². The molecule has 0 spiro atoms. The molecule has 6 heteroatoms. The van der Waals surface area contributed by atoms with Crippen LogP contribution in [0.5, 0.6) is 0 Å². The second kappa shape index (κ2) is 6.58. The second-order valence-corrected chi connectivity index (χ2v) is 2.87. The van der Waals surface area contributed by atoms with Crippen LogP contribution in [0.1, 0.15) is 6.92 Å². The highest BCUT2D eigenvalue weighted by Gasteiger charge is 2.14. The fourth-order valence-electron chi connectivity index (χ4n) is 0.886. The van der Waals surface area contributed by atoms with E-state index in [0.717, 1.165) is 4.90 Å². The SMILES string of the molecule is C=CCN(CC(=O)O)C(=O)CNC(C)=O. The number of amides is 2. The second-order valence-electron chi connectivity index (χ2n) is 2.87. The molecule has 0 saturated heterocycles. The predicted molar refractivity (Wildman–Crippen MR) is 53.1 cm³/mol. The number of carboxylic acids is 1. The summed E-state index contributed by atoms with van der Waals surface area (Å²) in [7, 11) is 0. The highest BCUT2D eigenvalue weighted by molar-refractivity contribution is 5.86. The van der Waals surface area contributed by atoms with E-state index in [1.54, 1.807) is 0 Å². The number of hydrogen-bond acceptors (Lipinski definition) is 3. The first kappa shape index (κ1) is 13.2. The molecule has 84 valence electrons. The molecule has 0 aromatic carbocycles. The van der Waals surface area contributed by atoms with Gasteiger partial charge in [0, 0.05) is 13.5 Å². The zero-order valence-electron chi connectivity index (χ0n) is 8.52. The van der Waals surface area contributed by atoms with Crippen LogP contribution in [0.4, 0.5) is 0 Å². The maximum absolute atomic E-state index is 11.4. The van der Waals surface area contributed by atoms with Crippen LogP contribution in [-0.2, 0) is 14.4 Å². The lowest BCUT2D eigenvalue weighted by Gasteiger charge is -2.18. The van der Waals surface area contributed by atoms with Crippen molar-refractivity contribution in [3.05, 3.63) is 12.7 Å². The monoisotopic (exact) mass is 214 g/mol. The molecular formula is C9H14N2O4. The van der Waals surface area contributed by atoms with E-state index < -0.39 is 18.4 Å². The van der Waals surface area contributed by atoms with Crippen LogP contribution >= 0.6 is 0 Å². The van der Waals surface area contributed by atoms with E-state index in [9.17, 15) is 14.4 Å². The molecule has 0 aromatic heterocycles. The van der Waals surface area contributed by atoms with Crippen LogP contribution in [0.3, 0.4) is 0 Å². The van der Waals surface area contributed by atoms with Crippen LogP contribution in [0.15, 0.2) is 12.7 Å². The Morgan fingerprint density at radius 1 is 1.47 bits per heavy atom. The van der Waals surface area contributed by atoms with E-state index in [2.05, 4.69) is 11.9 Å². The third-order valence-corrected chi connectivity index (χ3v) is 1.52. The van der Waals surface area contributed by atoms with Crippen molar-refractivity contribution in [2.45, 2.75) is 6.92 Å². The van der Waals surface area contributed by atoms with Gasteiger partial charge in [0.25, 0.3) is 0 Å². The Hall–Kier alpha value is -1.85. The van der Waals surface area contributed by atoms with E-state index in [4.69, 9.17) is 5.11 Å². The minimum atomic E-state index is -1.10. The number of aliphatic carboxylic acids is 1. The number of carbonyl (C=O) groups excluding carboxylic acids is 2. The average molecular weight is 214 g/mol. The Balaban J connectivity index is 4.21. The lowest BCUT2D eigenvalue weighted by molar-refractivity contribution is -0.143. The quantitative estimate of drug-likeness (QED) is 0.568. The summed E-state index contributed by atoms with van der Waals surface area (Å²) in [6, 6.07) is 0. The molecule has 2 N–H and O–H groups in total. The van der Waals surface area contributed by atoms with E-state index >= 15 is 0 Å². The van der Waals surface area contributed by atoms with Crippen LogP contribution in [0, 0.1) is 0 Å². The smallest absolute Gasteiger partial charge is 0.323 e. The molecule has 0 bridgehead atoms. The van der Waals surface area contributed by atoms with Gasteiger partial charge in [0.15, 0.2) is 0 Å². The van der Waals surface area contributed by atoms with Crippen molar-refractivity contribution >= 4 is 17.8 Å². The van der Waals surface area contributed by atoms with Gasteiger partial charge in [-0.3, -0.25) is 14.4 Å². The van der Waals surface area contributed by atoms with Crippen LogP contribution < -0.4 is 5.32 Å². The molecule has 0 fully saturated rings. The van der Waals surface area contributed by atoms with Crippen molar-refractivity contribution in [1.82, 2.24) is 10.2 Å². The minimum absolute atomic E-state index is 0.144. The first-order chi connectivity index (χ1) is 6.97. The lowest BCUT2D eigenvalue weighted by atomic mass is 10.4. The molecule has 0 radical (unpaired) electrons. The average Bonchev–Trinajstić information content (AvgIpc) is 2.12. The van der Waals surface area contributed by atoms with Crippen molar-refractivity contribution in [2.75, 3.05) is 19.6 Å². The Morgan fingerprint density at radius 2 is 2.07 bits per heavy atom. The fourth-order valence-corrected chi connectivity index (χ4v) is 0.886. The summed E-state index contributed by atoms with van der Waals surface area (Å²) >= 11 is 0. The molecule has 0 saturated carbocycles. The van der Waals surface area contributed by atoms with Gasteiger partial charge in [0.05, 0.1) is 6.54 Å². The topological polar surface area (TPSA) is 86.7 Å². The van der Waals surface area contributed by atoms with E-state index in [1.807, 2.05) is 0 Å². The number of nitrogens with zero attached hydrogens (tertiary/aromatic N) is 1. The Morgan fingerprint density at radius 3 is 2.47 bits per heavy atom. The van der Waals surface area contributed by atoms with Crippen molar-refractivity contribution in [2.24, 2.45) is 0 Å². The molecule has 0 atom stereocenters. The highest BCUT2D eigenvalue weighted by Crippen LogP contribution is 1.90. The van der Waals surface area contributed by atoms with Gasteiger partial charge < -0.3 is 15.3 Å². The van der Waals surface area contributed by atoms with E-state index in [0.29, 0.717) is 0 Å². The maximum Gasteiger partial charge on any atom is 0.323 e. The van der Waals surface area contributed by atoms with Gasteiger partial charge in [0.2, 0.25) is 11.8 Å². The summed E-state index contributed by atoms with van der Waals surface area (Å²) in [5.41, 5.74) is 0. The van der Waals surface area contributed by atoms with E-state index in [1.165, 1.54) is 13.0 Å². The zero-order chi connectivity index (χ0) is 11.8. The first-order valence-electron chi connectivity index (χ1n) is 4.32. The minimum Gasteiger partial charge on any atom is -0.480 e. The fraction of sp³-hybridized carbons (Fsp3) is 0.444. The van der Waals surface area contributed by atoms with Crippen LogP contribution in [0.25, 0.3) is 0 Å². The molecule has 0 rings (SSSR count). The summed E-state index contributed by atoms with van der Waals surface area (Å²) in [4.78, 5) is 33.4. The van der Waals surface area contributed by atoms with Crippen molar-refractivity contribution < 1.29 is 19.5 Å². The number of nitrogens with one attached hydrogen (secondary N) is 1. The summed E-state index contributed by atoms with van der Waals surface area (Å²) in [6.07, 6.45) is 1.43. The molecule has 0 heterocycles. The van der Waals surface area contributed by atoms with Crippen LogP contribution in [0.2, 0.25) is 0 Å². The summed E-state index contributed by atoms with van der Waals surface area (Å²) in [6.45, 7) is 4.24. The molecule has 0 aromatic rings. The molecule has 0 aliphatic carbocycles. The Kier molecular flexibility index (Phi) is 5.77. The molecule has 6 nitrogen and oxygen atoms in total. The van der Waals surface area contributed by atoms with E-state index in [-0.39, 0.29) is 19.0 Å². The number of carbonyl (C=O) groups is 3. The molecule has 15 heavy (non-hydrogen) atoms. The molecule has 0 unspecified atom stereocenters. The number of hydrogen-bond donors (Lipinski definition) is 2. The molecule has 0 aliphatic rings. The zero-order valence-corrected chi connectivity index (χ0v) is 8.52. The third-order valence-electron chi connectivity index (χ3n) is 1.52. The standard InChI is InChI=1S/C9H14N2O4/c1-3-4-11(6-9(14)15)8(13)5-10-7(2)12/h3H,1,4-6H2,2H3,(H,10,12)(H,14,15). The molecule has 0 aliphatic heterocycles. The normalized spacial score (nSPS) is 9.13. The van der Waals surface area contributed by atoms with Gasteiger partial charge in [-0.2, -0.15) is 0 Å². The van der Waals surface area contributed by atoms with Crippen LogP contribution in [-0.4, -0.2) is 47.4 Å². The largest absolute Gasteiger partial charge is 0.480 e. The summed E-state index contributed by atoms with van der Waals surface area (Å²) < 4.78 is 0. The number of carboxylic acid groups (broad SMARTS) is 1. The Labute approximate surface area is 87.6 Å². The first-order valence-corrected chi connectivity index (χ1v) is 4.32. The van der Waals surface area contributed by atoms with Gasteiger partial charge in [-0.15, -0.1) is 6.58 Å². The summed E-state index contributed by atoms with van der Waals surface area (Å²) in [5, 5.41) is 10.8. The van der Waals surface area contributed by atoms with Gasteiger partial charge in [0.1, 0.15) is 6.54 Å². The van der Waals surface area contributed by atoms with Gasteiger partial charge in [-0.25, -0.2) is 0 Å².